The number of carbonyl (C=O) groups is 1. The molecule has 1 aromatic rings. The summed E-state index contributed by atoms with van der Waals surface area (Å²) in [5.41, 5.74) is 6.52. The second-order valence-electron chi connectivity index (χ2n) is 10.8. The summed E-state index contributed by atoms with van der Waals surface area (Å²) in [6.07, 6.45) is 18.0. The first-order valence-corrected chi connectivity index (χ1v) is 12.3. The maximum Gasteiger partial charge on any atom is 0.323 e. The van der Waals surface area contributed by atoms with Crippen molar-refractivity contribution in [1.29, 1.82) is 5.41 Å². The lowest BCUT2D eigenvalue weighted by Gasteiger charge is -2.28. The highest BCUT2D eigenvalue weighted by Crippen LogP contribution is 2.40. The van der Waals surface area contributed by atoms with Crippen LogP contribution in [0.1, 0.15) is 57.7 Å². The van der Waals surface area contributed by atoms with E-state index in [1.165, 1.54) is 0 Å². The largest absolute Gasteiger partial charge is 0.425 e. The number of nitrogens with one attached hydrogen (secondary N) is 2. The zero-order chi connectivity index (χ0) is 25.5. The van der Waals surface area contributed by atoms with Crippen LogP contribution in [0, 0.1) is 36.0 Å². The molecule has 1 aliphatic heterocycles. The third kappa shape index (κ3) is 4.88. The first-order valence-electron chi connectivity index (χ1n) is 12.3. The first kappa shape index (κ1) is 24.7. The van der Waals surface area contributed by atoms with Crippen LogP contribution in [0.2, 0.25) is 0 Å². The minimum atomic E-state index is -0.556. The minimum absolute atomic E-state index is 0.0772. The smallest absolute Gasteiger partial charge is 0.323 e. The molecule has 182 valence electrons. The number of benzene rings is 1. The van der Waals surface area contributed by atoms with Gasteiger partial charge in [-0.3, -0.25) is 4.79 Å². The molecule has 1 aromatic carbocycles. The molecular formula is C31H36N2O2. The third-order valence-corrected chi connectivity index (χ3v) is 7.25. The van der Waals surface area contributed by atoms with Crippen LogP contribution in [-0.4, -0.2) is 11.7 Å². The van der Waals surface area contributed by atoms with Gasteiger partial charge in [-0.1, -0.05) is 64.2 Å². The van der Waals surface area contributed by atoms with Gasteiger partial charge in [0.25, 0.3) is 0 Å². The van der Waals surface area contributed by atoms with E-state index in [4.69, 9.17) is 10.1 Å². The molecule has 1 heterocycles. The average molecular weight is 469 g/mol. The normalized spacial score (nSPS) is 24.4. The fourth-order valence-corrected chi connectivity index (χ4v) is 4.66. The summed E-state index contributed by atoms with van der Waals surface area (Å²) in [5, 5.41) is 11.6. The van der Waals surface area contributed by atoms with Gasteiger partial charge in [0, 0.05) is 27.9 Å². The van der Waals surface area contributed by atoms with E-state index >= 15 is 0 Å². The van der Waals surface area contributed by atoms with E-state index in [1.807, 2.05) is 26.0 Å². The van der Waals surface area contributed by atoms with Gasteiger partial charge in [-0.05, 0) is 79.3 Å². The Kier molecular flexibility index (Phi) is 6.35. The lowest BCUT2D eigenvalue weighted by molar-refractivity contribution is -0.136. The maximum absolute atomic E-state index is 13.9. The topological polar surface area (TPSA) is 62.2 Å². The summed E-state index contributed by atoms with van der Waals surface area (Å²) in [7, 11) is 0. The van der Waals surface area contributed by atoms with Gasteiger partial charge >= 0.3 is 5.97 Å². The molecule has 0 saturated carbocycles. The van der Waals surface area contributed by atoms with E-state index in [1.54, 1.807) is 6.92 Å². The summed E-state index contributed by atoms with van der Waals surface area (Å²) in [5.74, 6) is -0.283. The van der Waals surface area contributed by atoms with Gasteiger partial charge in [0.15, 0.2) is 0 Å². The first-order chi connectivity index (χ1) is 16.4. The molecule has 0 radical (unpaired) electrons. The van der Waals surface area contributed by atoms with Crippen molar-refractivity contribution in [3.8, 4) is 5.75 Å². The Hall–Kier alpha value is -3.40. The number of aryl methyl sites for hydroxylation is 2. The van der Waals surface area contributed by atoms with Crippen LogP contribution in [-0.2, 0) is 4.79 Å². The molecule has 0 saturated heterocycles. The van der Waals surface area contributed by atoms with Crippen LogP contribution in [0.15, 0.2) is 83.3 Å². The number of hydrogen-bond acceptors (Lipinski definition) is 4. The molecule has 4 nitrogen and oxygen atoms in total. The van der Waals surface area contributed by atoms with Crippen LogP contribution < -0.4 is 10.1 Å². The van der Waals surface area contributed by atoms with Crippen LogP contribution >= 0.6 is 0 Å². The van der Waals surface area contributed by atoms with Crippen molar-refractivity contribution in [2.24, 2.45) is 16.7 Å². The highest BCUT2D eigenvalue weighted by atomic mass is 16.5. The van der Waals surface area contributed by atoms with Gasteiger partial charge in [-0.2, -0.15) is 0 Å². The Bertz CT molecular complexity index is 1260. The number of carbonyl (C=O) groups excluding carboxylic acids is 1. The molecule has 2 aliphatic carbocycles. The standard InChI is InChI=1S/C31H36N2O2/c1-8-31(7)15-10-24-26(12-16-31)33-25-11-14-30(5,6)13-9-23(25)27(24)29(34)35-28-19(2)17-22(21(4)32)18-20(28)3/h9-18,27,32-33H,8H2,1-7H3. The Morgan fingerprint density at radius 2 is 1.46 bits per heavy atom. The van der Waals surface area contributed by atoms with Crippen molar-refractivity contribution in [2.75, 3.05) is 0 Å². The van der Waals surface area contributed by atoms with Crippen molar-refractivity contribution in [3.63, 3.8) is 0 Å². The molecule has 2 N–H and O–H groups in total. The number of esters is 1. The Balaban J connectivity index is 1.80. The van der Waals surface area contributed by atoms with Crippen LogP contribution in [0.4, 0.5) is 0 Å². The Labute approximate surface area is 209 Å². The minimum Gasteiger partial charge on any atom is -0.425 e. The Morgan fingerprint density at radius 1 is 0.943 bits per heavy atom. The molecule has 0 aromatic heterocycles. The summed E-state index contributed by atoms with van der Waals surface area (Å²) < 4.78 is 6.14. The molecule has 0 amide bonds. The zero-order valence-electron chi connectivity index (χ0n) is 21.9. The summed E-state index contributed by atoms with van der Waals surface area (Å²) in [6.45, 7) is 14.3. The number of dihydropyridines is 1. The third-order valence-electron chi connectivity index (χ3n) is 7.25. The molecule has 0 spiro atoms. The van der Waals surface area contributed by atoms with Crippen molar-refractivity contribution >= 4 is 11.7 Å². The lowest BCUT2D eigenvalue weighted by Crippen LogP contribution is -2.32. The quantitative estimate of drug-likeness (QED) is 0.284. The summed E-state index contributed by atoms with van der Waals surface area (Å²) >= 11 is 0. The highest BCUT2D eigenvalue weighted by Gasteiger charge is 2.36. The zero-order valence-corrected chi connectivity index (χ0v) is 21.9. The number of rotatable bonds is 4. The molecule has 0 fully saturated rings. The van der Waals surface area contributed by atoms with E-state index in [0.717, 1.165) is 45.7 Å². The lowest BCUT2D eigenvalue weighted by atomic mass is 9.83. The summed E-state index contributed by atoms with van der Waals surface area (Å²) in [4.78, 5) is 13.9. The van der Waals surface area contributed by atoms with E-state index in [-0.39, 0.29) is 16.8 Å². The van der Waals surface area contributed by atoms with Crippen LogP contribution in [0.3, 0.4) is 0 Å². The molecule has 2 atom stereocenters. The Morgan fingerprint density at radius 3 is 2.03 bits per heavy atom. The average Bonchev–Trinajstić information content (AvgIpc) is 3.06. The fourth-order valence-electron chi connectivity index (χ4n) is 4.66. The second kappa shape index (κ2) is 8.99. The molecule has 35 heavy (non-hydrogen) atoms. The molecule has 4 heteroatoms. The predicted molar refractivity (Wildman–Crippen MR) is 143 cm³/mol. The summed E-state index contributed by atoms with van der Waals surface area (Å²) in [6, 6.07) is 3.82. The molecule has 3 aliphatic rings. The molecular weight excluding hydrogens is 432 g/mol. The van der Waals surface area contributed by atoms with E-state index in [9.17, 15) is 4.79 Å². The molecule has 4 rings (SSSR count). The van der Waals surface area contributed by atoms with Crippen molar-refractivity contribution in [1.82, 2.24) is 5.32 Å². The van der Waals surface area contributed by atoms with E-state index in [2.05, 4.69) is 81.6 Å². The SMILES string of the molecule is CCC1(C)C=CC2=C(C=C1)C(C(=O)Oc1c(C)cc(C(C)=N)cc1C)C1=C(C=CC(C)(C)C=C1)N2. The van der Waals surface area contributed by atoms with Crippen LogP contribution in [0.25, 0.3) is 0 Å². The van der Waals surface area contributed by atoms with Gasteiger partial charge in [-0.25, -0.2) is 0 Å². The monoisotopic (exact) mass is 468 g/mol. The fraction of sp³-hybridized carbons (Fsp3) is 0.355. The van der Waals surface area contributed by atoms with Gasteiger partial charge in [0.2, 0.25) is 0 Å². The van der Waals surface area contributed by atoms with Crippen molar-refractivity contribution in [2.45, 2.75) is 54.9 Å². The molecule has 0 bridgehead atoms. The van der Waals surface area contributed by atoms with Crippen LogP contribution in [0.5, 0.6) is 5.75 Å². The number of allylic oxidation sites excluding steroid dienone is 8. The molecule has 2 unspecified atom stereocenters. The highest BCUT2D eigenvalue weighted by molar-refractivity contribution is 5.97. The maximum atomic E-state index is 13.9. The second-order valence-corrected chi connectivity index (χ2v) is 10.8. The van der Waals surface area contributed by atoms with Crippen molar-refractivity contribution in [3.05, 3.63) is 100.0 Å². The van der Waals surface area contributed by atoms with Gasteiger partial charge < -0.3 is 15.5 Å². The predicted octanol–water partition coefficient (Wildman–Crippen LogP) is 7.02. The van der Waals surface area contributed by atoms with E-state index in [0.29, 0.717) is 11.5 Å². The van der Waals surface area contributed by atoms with Gasteiger partial charge in [0.05, 0.1) is 0 Å². The van der Waals surface area contributed by atoms with Gasteiger partial charge in [-0.15, -0.1) is 0 Å². The van der Waals surface area contributed by atoms with Gasteiger partial charge in [0.1, 0.15) is 11.7 Å². The van der Waals surface area contributed by atoms with E-state index < -0.39 is 5.92 Å². The number of ether oxygens (including phenoxy) is 1. The van der Waals surface area contributed by atoms with Crippen molar-refractivity contribution < 1.29 is 9.53 Å². The number of hydrogen-bond donors (Lipinski definition) is 2.